The maximum atomic E-state index is 13.2. The van der Waals surface area contributed by atoms with Crippen molar-refractivity contribution in [1.82, 2.24) is 0 Å². The highest BCUT2D eigenvalue weighted by Gasteiger charge is 2.30. The van der Waals surface area contributed by atoms with Gasteiger partial charge in [-0.1, -0.05) is 408 Å². The predicted octanol–water partition coefficient (Wildman–Crippen LogP) is 26.5. The average Bonchev–Trinajstić information content (AvgIpc) is 0.901. The van der Waals surface area contributed by atoms with Crippen molar-refractivity contribution >= 4 is 39.5 Å². The molecule has 0 saturated carbocycles. The Kier molecular flexibility index (Phi) is 75.6. The van der Waals surface area contributed by atoms with Crippen LogP contribution in [-0.2, 0) is 65.4 Å². The second-order valence-corrected chi connectivity index (χ2v) is 35.6. The molecule has 0 aliphatic carbocycles. The lowest BCUT2D eigenvalue weighted by atomic mass is 10.0. The van der Waals surface area contributed by atoms with Gasteiger partial charge in [-0.15, -0.1) is 0 Å². The van der Waals surface area contributed by atoms with Crippen LogP contribution in [0.4, 0.5) is 0 Å². The monoisotopic (exact) mass is 1550 g/mol. The zero-order valence-corrected chi connectivity index (χ0v) is 71.7. The molecule has 0 spiro atoms. The third-order valence-corrected chi connectivity index (χ3v) is 22.3. The van der Waals surface area contributed by atoms with E-state index in [2.05, 4.69) is 48.5 Å². The summed E-state index contributed by atoms with van der Waals surface area (Å²) in [7, 11) is -9.93. The Balaban J connectivity index is 5.23. The Labute approximate surface area is 651 Å². The Morgan fingerprint density at radius 2 is 0.434 bits per heavy atom. The number of hydrogen-bond donors (Lipinski definition) is 3. The lowest BCUT2D eigenvalue weighted by Gasteiger charge is -2.21. The van der Waals surface area contributed by atoms with Crippen LogP contribution in [-0.4, -0.2) is 96.7 Å². The smallest absolute Gasteiger partial charge is 0.462 e. The van der Waals surface area contributed by atoms with Gasteiger partial charge < -0.3 is 33.8 Å². The molecule has 3 N–H and O–H groups in total. The van der Waals surface area contributed by atoms with Crippen LogP contribution >= 0.6 is 15.6 Å². The molecule has 17 nitrogen and oxygen atoms in total. The molecule has 0 heterocycles. The van der Waals surface area contributed by atoms with Gasteiger partial charge in [0.15, 0.2) is 12.2 Å². The number of hydrogen-bond acceptors (Lipinski definition) is 15. The number of aliphatic hydroxyl groups is 1. The summed E-state index contributed by atoms with van der Waals surface area (Å²) < 4.78 is 68.9. The van der Waals surface area contributed by atoms with Gasteiger partial charge in [0.2, 0.25) is 0 Å². The number of phosphoric ester groups is 2. The lowest BCUT2D eigenvalue weighted by molar-refractivity contribution is -0.161. The summed E-state index contributed by atoms with van der Waals surface area (Å²) in [6, 6.07) is 0. The van der Waals surface area contributed by atoms with E-state index in [0.29, 0.717) is 25.7 Å². The minimum Gasteiger partial charge on any atom is -0.462 e. The van der Waals surface area contributed by atoms with E-state index in [1.165, 1.54) is 270 Å². The highest BCUT2D eigenvalue weighted by atomic mass is 31.2. The van der Waals surface area contributed by atoms with Crippen molar-refractivity contribution in [2.45, 2.75) is 478 Å². The SMILES string of the molecule is CCCCCCCCCCCCC(=O)OC[C@H](COP(=O)(O)OC[C@H](O)COP(=O)(O)OC[C@@H](COC(=O)CCCCCCCCCCCCCCCCCCC(C)C)OC(=O)CCCCCCCCCCCCCCCCCCCCC(C)C)OC(=O)CCCCCCCCCCCCCCCC(C)C. The molecule has 0 bridgehead atoms. The Bertz CT molecular complexity index is 2040. The van der Waals surface area contributed by atoms with Crippen molar-refractivity contribution in [3.63, 3.8) is 0 Å². The number of aliphatic hydroxyl groups excluding tert-OH is 1. The summed E-state index contributed by atoms with van der Waals surface area (Å²) in [5.41, 5.74) is 0. The van der Waals surface area contributed by atoms with Gasteiger partial charge in [-0.05, 0) is 43.4 Å². The predicted molar refractivity (Wildman–Crippen MR) is 437 cm³/mol. The van der Waals surface area contributed by atoms with Gasteiger partial charge in [0.05, 0.1) is 26.4 Å². The Hall–Kier alpha value is -1.94. The molecule has 0 radical (unpaired) electrons. The number of esters is 4. The van der Waals surface area contributed by atoms with E-state index in [-0.39, 0.29) is 25.7 Å². The van der Waals surface area contributed by atoms with Crippen molar-refractivity contribution in [3.8, 4) is 0 Å². The minimum atomic E-state index is -4.97. The average molecular weight is 1550 g/mol. The molecule has 0 aliphatic heterocycles. The van der Waals surface area contributed by atoms with Gasteiger partial charge in [-0.3, -0.25) is 37.3 Å². The zero-order chi connectivity index (χ0) is 77.9. The molecule has 0 rings (SSSR count). The topological polar surface area (TPSA) is 237 Å². The molecule has 0 aromatic heterocycles. The van der Waals surface area contributed by atoms with Gasteiger partial charge in [0.1, 0.15) is 19.3 Å². The van der Waals surface area contributed by atoms with E-state index in [4.69, 9.17) is 37.0 Å². The molecule has 0 amide bonds. The molecule has 0 fully saturated rings. The first kappa shape index (κ1) is 104. The molecule has 0 aromatic carbocycles. The number of carbonyl (C=O) groups excluding carboxylic acids is 4. The summed E-state index contributed by atoms with van der Waals surface area (Å²) in [6.07, 6.45) is 68.0. The standard InChI is InChI=1S/C87H170O17P2/c1-8-9-10-11-12-13-40-47-54-61-68-84(89)97-74-82(103-87(92)71-64-57-50-43-36-30-24-27-33-39-46-53-60-67-80(6)7)76-101-105(93,94)99-72-81(88)73-100-106(95,96)102-77-83(75-98-85(90)69-62-55-48-41-34-28-22-19-18-21-26-32-38-45-52-59-66-79(4)5)104-86(91)70-63-56-49-42-35-29-23-17-15-14-16-20-25-31-37-44-51-58-65-78(2)3/h78-83,88H,8-77H2,1-7H3,(H,93,94)(H,95,96)/t81-,82+,83+/m0/s1. The van der Waals surface area contributed by atoms with Crippen molar-refractivity contribution in [1.29, 1.82) is 0 Å². The largest absolute Gasteiger partial charge is 0.472 e. The van der Waals surface area contributed by atoms with Crippen LogP contribution in [0, 0.1) is 17.8 Å². The molecule has 0 aliphatic rings. The summed E-state index contributed by atoms with van der Waals surface area (Å²) >= 11 is 0. The minimum absolute atomic E-state index is 0.107. The Morgan fingerprint density at radius 1 is 0.255 bits per heavy atom. The van der Waals surface area contributed by atoms with E-state index in [1.807, 2.05) is 0 Å². The van der Waals surface area contributed by atoms with E-state index < -0.39 is 97.5 Å². The quantitative estimate of drug-likeness (QED) is 0.0222. The third kappa shape index (κ3) is 80.1. The summed E-state index contributed by atoms with van der Waals surface area (Å²) in [4.78, 5) is 73.2. The molecule has 5 atom stereocenters. The van der Waals surface area contributed by atoms with Crippen molar-refractivity contribution in [2.24, 2.45) is 17.8 Å². The summed E-state index contributed by atoms with van der Waals surface area (Å²) in [5, 5.41) is 10.7. The Morgan fingerprint density at radius 3 is 0.642 bits per heavy atom. The van der Waals surface area contributed by atoms with Gasteiger partial charge in [0, 0.05) is 25.7 Å². The second kappa shape index (κ2) is 77.0. The fourth-order valence-electron chi connectivity index (χ4n) is 13.5. The van der Waals surface area contributed by atoms with E-state index in [1.54, 1.807) is 0 Å². The van der Waals surface area contributed by atoms with Crippen LogP contribution in [0.2, 0.25) is 0 Å². The van der Waals surface area contributed by atoms with Crippen molar-refractivity contribution in [3.05, 3.63) is 0 Å². The number of carbonyl (C=O) groups is 4. The second-order valence-electron chi connectivity index (χ2n) is 32.7. The number of ether oxygens (including phenoxy) is 4. The summed E-state index contributed by atoms with van der Waals surface area (Å²) in [6.45, 7) is 12.1. The highest BCUT2D eigenvalue weighted by molar-refractivity contribution is 7.47. The molecule has 0 saturated heterocycles. The molecule has 2 unspecified atom stereocenters. The number of rotatable bonds is 85. The van der Waals surface area contributed by atoms with Crippen LogP contribution < -0.4 is 0 Å². The van der Waals surface area contributed by atoms with E-state index in [9.17, 15) is 43.2 Å². The lowest BCUT2D eigenvalue weighted by Crippen LogP contribution is -2.30. The van der Waals surface area contributed by atoms with Crippen LogP contribution in [0.5, 0.6) is 0 Å². The maximum Gasteiger partial charge on any atom is 0.472 e. The van der Waals surface area contributed by atoms with Gasteiger partial charge in [-0.2, -0.15) is 0 Å². The first-order valence-corrected chi connectivity index (χ1v) is 47.8. The van der Waals surface area contributed by atoms with Gasteiger partial charge >= 0.3 is 39.5 Å². The fraction of sp³-hybridized carbons (Fsp3) is 0.954. The van der Waals surface area contributed by atoms with Crippen LogP contribution in [0.25, 0.3) is 0 Å². The fourth-order valence-corrected chi connectivity index (χ4v) is 15.1. The van der Waals surface area contributed by atoms with E-state index >= 15 is 0 Å². The van der Waals surface area contributed by atoms with Gasteiger partial charge in [-0.25, -0.2) is 9.13 Å². The van der Waals surface area contributed by atoms with Gasteiger partial charge in [0.25, 0.3) is 0 Å². The van der Waals surface area contributed by atoms with E-state index in [0.717, 1.165) is 108 Å². The molecule has 19 heteroatoms. The normalized spacial score (nSPS) is 13.9. The van der Waals surface area contributed by atoms with Crippen LogP contribution in [0.3, 0.4) is 0 Å². The highest BCUT2D eigenvalue weighted by Crippen LogP contribution is 2.45. The van der Waals surface area contributed by atoms with Crippen LogP contribution in [0.15, 0.2) is 0 Å². The van der Waals surface area contributed by atoms with Crippen LogP contribution in [0.1, 0.15) is 459 Å². The first-order valence-electron chi connectivity index (χ1n) is 44.8. The third-order valence-electron chi connectivity index (χ3n) is 20.4. The zero-order valence-electron chi connectivity index (χ0n) is 69.9. The van der Waals surface area contributed by atoms with Crippen molar-refractivity contribution in [2.75, 3.05) is 39.6 Å². The summed E-state index contributed by atoms with van der Waals surface area (Å²) in [5.74, 6) is 0.317. The first-order chi connectivity index (χ1) is 51.2. The maximum absolute atomic E-state index is 13.2. The molecular formula is C87H170O17P2. The molecular weight excluding hydrogens is 1380 g/mol. The molecule has 0 aromatic rings. The van der Waals surface area contributed by atoms with Crippen molar-refractivity contribution < 1.29 is 80.2 Å². The molecule has 630 valence electrons. The number of phosphoric acid groups is 2. The molecule has 106 heavy (non-hydrogen) atoms. The number of unbranched alkanes of at least 4 members (excludes halogenated alkanes) is 53.